The zero-order chi connectivity index (χ0) is 13.1. The molecule has 2 saturated carbocycles. The molecule has 2 aliphatic rings. The molecule has 18 heavy (non-hydrogen) atoms. The number of carbonyl (C=O) groups is 1. The van der Waals surface area contributed by atoms with Gasteiger partial charge in [-0.1, -0.05) is 38.5 Å². The molecule has 1 amide bonds. The molecule has 0 radical (unpaired) electrons. The third kappa shape index (κ3) is 6.55. The molecule has 102 valence electrons. The first-order chi connectivity index (χ1) is 8.86. The van der Waals surface area contributed by atoms with Gasteiger partial charge in [0, 0.05) is 0 Å². The monoisotopic (exact) mass is 251 g/mol. The second-order valence-corrected chi connectivity index (χ2v) is 5.08. The summed E-state index contributed by atoms with van der Waals surface area (Å²) in [5.41, 5.74) is 4.17. The van der Waals surface area contributed by atoms with Gasteiger partial charge in [0.15, 0.2) is 0 Å². The summed E-state index contributed by atoms with van der Waals surface area (Å²) in [6, 6.07) is 4.04. The number of hydrogen-bond donors (Lipinski definition) is 1. The van der Waals surface area contributed by atoms with Crippen molar-refractivity contribution in [1.29, 1.82) is 0 Å². The van der Waals surface area contributed by atoms with Gasteiger partial charge in [0.05, 0.1) is 18.1 Å². The Morgan fingerprint density at radius 3 is 1.50 bits per heavy atom. The van der Waals surface area contributed by atoms with Crippen LogP contribution in [0, 0.1) is 0 Å². The van der Waals surface area contributed by atoms with Crippen molar-refractivity contribution in [2.24, 2.45) is 15.7 Å². The number of nitrogens with zero attached hydrogens (tertiary/aromatic N) is 2. The van der Waals surface area contributed by atoms with E-state index in [4.69, 9.17) is 4.79 Å². The Morgan fingerprint density at radius 2 is 1.17 bits per heavy atom. The van der Waals surface area contributed by atoms with Crippen LogP contribution in [0.5, 0.6) is 0 Å². The number of carbonyl (C=O) groups excluding carboxylic acids is 1. The largest absolute Gasteiger partial charge is 0.372 e. The van der Waals surface area contributed by atoms with Gasteiger partial charge < -0.3 is 5.73 Å². The third-order valence-corrected chi connectivity index (χ3v) is 3.63. The predicted octanol–water partition coefficient (Wildman–Crippen LogP) is 2.93. The van der Waals surface area contributed by atoms with Crippen LogP contribution in [0.15, 0.2) is 9.98 Å². The first-order valence-corrected chi connectivity index (χ1v) is 7.17. The van der Waals surface area contributed by atoms with Crippen molar-refractivity contribution in [3.8, 4) is 0 Å². The maximum atomic E-state index is 8.58. The Hall–Kier alpha value is -1.15. The molecule has 0 heterocycles. The van der Waals surface area contributed by atoms with Gasteiger partial charge in [-0.3, -0.25) is 4.79 Å². The van der Waals surface area contributed by atoms with E-state index in [1.54, 1.807) is 0 Å². The maximum absolute atomic E-state index is 8.58. The highest BCUT2D eigenvalue weighted by atomic mass is 16.1. The van der Waals surface area contributed by atoms with Crippen LogP contribution in [0.4, 0.5) is 0 Å². The molecule has 2 fully saturated rings. The Bertz CT molecular complexity index is 251. The van der Waals surface area contributed by atoms with Crippen LogP contribution in [0.25, 0.3) is 0 Å². The molecule has 0 bridgehead atoms. The summed E-state index contributed by atoms with van der Waals surface area (Å²) in [4.78, 5) is 17.5. The van der Waals surface area contributed by atoms with Crippen molar-refractivity contribution >= 4 is 12.4 Å². The molecule has 4 nitrogen and oxygen atoms in total. The highest BCUT2D eigenvalue weighted by molar-refractivity contribution is 5.42. The van der Waals surface area contributed by atoms with E-state index in [2.05, 4.69) is 21.7 Å². The van der Waals surface area contributed by atoms with Crippen LogP contribution in [-0.4, -0.2) is 24.5 Å². The summed E-state index contributed by atoms with van der Waals surface area (Å²) in [5.74, 6) is 0. The van der Waals surface area contributed by atoms with E-state index in [0.29, 0.717) is 12.1 Å². The van der Waals surface area contributed by atoms with E-state index in [9.17, 15) is 0 Å². The molecule has 0 atom stereocenters. The number of hydrogen-bond acceptors (Lipinski definition) is 3. The summed E-state index contributed by atoms with van der Waals surface area (Å²) < 4.78 is 0. The molecular weight excluding hydrogens is 226 g/mol. The second kappa shape index (κ2) is 9.84. The van der Waals surface area contributed by atoms with Crippen molar-refractivity contribution < 1.29 is 4.79 Å². The molecule has 2 aliphatic carbocycles. The second-order valence-electron chi connectivity index (χ2n) is 5.08. The lowest BCUT2D eigenvalue weighted by Gasteiger charge is -2.17. The highest BCUT2D eigenvalue weighted by Gasteiger charge is 2.12. The van der Waals surface area contributed by atoms with Crippen molar-refractivity contribution in [3.05, 3.63) is 0 Å². The molecule has 0 aliphatic heterocycles. The number of rotatable bonds is 2. The van der Waals surface area contributed by atoms with E-state index in [0.717, 1.165) is 0 Å². The quantitative estimate of drug-likeness (QED) is 0.595. The average Bonchev–Trinajstić information content (AvgIpc) is 2.42. The average molecular weight is 251 g/mol. The van der Waals surface area contributed by atoms with Gasteiger partial charge >= 0.3 is 0 Å². The van der Waals surface area contributed by atoms with Crippen molar-refractivity contribution in [3.63, 3.8) is 0 Å². The zero-order valence-corrected chi connectivity index (χ0v) is 11.2. The van der Waals surface area contributed by atoms with Crippen LogP contribution >= 0.6 is 0 Å². The van der Waals surface area contributed by atoms with Gasteiger partial charge in [-0.25, -0.2) is 9.98 Å². The fourth-order valence-corrected chi connectivity index (χ4v) is 2.62. The Kier molecular flexibility index (Phi) is 8.15. The minimum Gasteiger partial charge on any atom is -0.372 e. The number of aliphatic imine (C=N–C) groups is 2. The van der Waals surface area contributed by atoms with E-state index in [1.807, 2.05) is 0 Å². The SMILES string of the molecule is C(=NC1CCCCC1)=NC1CCCCC1.NC=O. The molecule has 2 N–H and O–H groups in total. The molecule has 0 saturated heterocycles. The van der Waals surface area contributed by atoms with Gasteiger partial charge in [0.25, 0.3) is 0 Å². The Morgan fingerprint density at radius 1 is 0.833 bits per heavy atom. The number of nitrogens with two attached hydrogens (primary N) is 1. The summed E-state index contributed by atoms with van der Waals surface area (Å²) >= 11 is 0. The van der Waals surface area contributed by atoms with Crippen molar-refractivity contribution in [2.75, 3.05) is 0 Å². The van der Waals surface area contributed by atoms with E-state index in [-0.39, 0.29) is 6.41 Å². The van der Waals surface area contributed by atoms with Crippen LogP contribution in [-0.2, 0) is 4.79 Å². The minimum absolute atomic E-state index is 0.250. The van der Waals surface area contributed by atoms with Crippen LogP contribution in [0.1, 0.15) is 64.2 Å². The van der Waals surface area contributed by atoms with Gasteiger partial charge in [-0.15, -0.1) is 0 Å². The number of primary amides is 1. The normalized spacial score (nSPS) is 21.1. The van der Waals surface area contributed by atoms with Gasteiger partial charge in [-0.05, 0) is 25.7 Å². The standard InChI is InChI=1S/C13H22N2.CH3NO/c1-3-7-12(8-4-1)14-11-15-13-9-5-2-6-10-13;2-1-3/h12-13H,1-10H2;1H,(H2,2,3). The lowest BCUT2D eigenvalue weighted by molar-refractivity contribution is -0.106. The molecule has 0 aromatic rings. The Balaban J connectivity index is 0.000000492. The van der Waals surface area contributed by atoms with Crippen LogP contribution in [0.2, 0.25) is 0 Å². The fraction of sp³-hybridized carbons (Fsp3) is 0.857. The van der Waals surface area contributed by atoms with Gasteiger partial charge in [0.1, 0.15) is 0 Å². The Labute approximate surface area is 110 Å². The summed E-state index contributed by atoms with van der Waals surface area (Å²) in [7, 11) is 0. The van der Waals surface area contributed by atoms with E-state index < -0.39 is 0 Å². The van der Waals surface area contributed by atoms with E-state index >= 15 is 0 Å². The highest BCUT2D eigenvalue weighted by Crippen LogP contribution is 2.21. The molecule has 0 spiro atoms. The smallest absolute Gasteiger partial charge is 0.204 e. The summed E-state index contributed by atoms with van der Waals surface area (Å²) in [6.07, 6.45) is 13.5. The number of amides is 1. The lowest BCUT2D eigenvalue weighted by atomic mass is 9.96. The molecule has 2 rings (SSSR count). The molecule has 0 unspecified atom stereocenters. The molecular formula is C14H25N3O. The topological polar surface area (TPSA) is 67.8 Å². The third-order valence-electron chi connectivity index (χ3n) is 3.63. The van der Waals surface area contributed by atoms with Gasteiger partial charge in [-0.2, -0.15) is 0 Å². The molecule has 0 aromatic carbocycles. The van der Waals surface area contributed by atoms with E-state index in [1.165, 1.54) is 64.2 Å². The van der Waals surface area contributed by atoms with Gasteiger partial charge in [0.2, 0.25) is 6.41 Å². The fourth-order valence-electron chi connectivity index (χ4n) is 2.62. The minimum atomic E-state index is 0.250. The predicted molar refractivity (Wildman–Crippen MR) is 73.9 cm³/mol. The first kappa shape index (κ1) is 14.9. The van der Waals surface area contributed by atoms with Crippen molar-refractivity contribution in [2.45, 2.75) is 76.3 Å². The molecule has 4 heteroatoms. The lowest BCUT2D eigenvalue weighted by Crippen LogP contribution is -2.10. The summed E-state index contributed by atoms with van der Waals surface area (Å²) in [5, 5.41) is 0. The van der Waals surface area contributed by atoms with Crippen LogP contribution in [0.3, 0.4) is 0 Å². The molecule has 0 aromatic heterocycles. The van der Waals surface area contributed by atoms with Crippen LogP contribution < -0.4 is 5.73 Å². The first-order valence-electron chi connectivity index (χ1n) is 7.17. The van der Waals surface area contributed by atoms with Crippen molar-refractivity contribution in [1.82, 2.24) is 0 Å². The summed E-state index contributed by atoms with van der Waals surface area (Å²) in [6.45, 7) is 0. The zero-order valence-electron chi connectivity index (χ0n) is 11.2. The maximum Gasteiger partial charge on any atom is 0.204 e.